The van der Waals surface area contributed by atoms with Crippen molar-refractivity contribution in [2.45, 2.75) is 25.3 Å². The van der Waals surface area contributed by atoms with Crippen molar-refractivity contribution in [3.63, 3.8) is 0 Å². The van der Waals surface area contributed by atoms with Crippen LogP contribution in [0.15, 0.2) is 18.2 Å². The van der Waals surface area contributed by atoms with E-state index in [0.717, 1.165) is 19.6 Å². The van der Waals surface area contributed by atoms with Gasteiger partial charge in [0.05, 0.1) is 5.69 Å². The van der Waals surface area contributed by atoms with Gasteiger partial charge in [-0.25, -0.2) is 4.39 Å². The highest BCUT2D eigenvalue weighted by molar-refractivity contribution is 6.30. The van der Waals surface area contributed by atoms with Crippen LogP contribution in [-0.4, -0.2) is 37.1 Å². The van der Waals surface area contributed by atoms with Gasteiger partial charge < -0.3 is 4.90 Å². The van der Waals surface area contributed by atoms with E-state index in [1.807, 2.05) is 0 Å². The molecule has 1 aromatic rings. The van der Waals surface area contributed by atoms with E-state index in [-0.39, 0.29) is 5.82 Å². The first-order valence-corrected chi connectivity index (χ1v) is 7.06. The number of benzene rings is 1. The number of hydrogen-bond acceptors (Lipinski definition) is 2. The van der Waals surface area contributed by atoms with Crippen molar-refractivity contribution in [3.05, 3.63) is 29.0 Å². The quantitative estimate of drug-likeness (QED) is 0.772. The average molecular weight is 269 g/mol. The Bertz CT molecular complexity index is 438. The maximum atomic E-state index is 13.9. The third-order valence-electron chi connectivity index (χ3n) is 4.09. The number of fused-ring (bicyclic) bond motifs is 1. The van der Waals surface area contributed by atoms with Gasteiger partial charge in [0.15, 0.2) is 0 Å². The molecule has 0 bridgehead atoms. The van der Waals surface area contributed by atoms with Crippen molar-refractivity contribution in [2.75, 3.05) is 31.1 Å². The molecule has 3 rings (SSSR count). The molecule has 18 heavy (non-hydrogen) atoms. The number of halogens is 2. The minimum absolute atomic E-state index is 0.202. The van der Waals surface area contributed by atoms with Crippen LogP contribution >= 0.6 is 11.6 Å². The maximum Gasteiger partial charge on any atom is 0.147 e. The largest absolute Gasteiger partial charge is 0.366 e. The Kier molecular flexibility index (Phi) is 3.44. The van der Waals surface area contributed by atoms with Gasteiger partial charge in [0.2, 0.25) is 0 Å². The molecule has 2 aliphatic heterocycles. The molecular formula is C14H18ClFN2. The Morgan fingerprint density at radius 2 is 2.06 bits per heavy atom. The van der Waals surface area contributed by atoms with Crippen LogP contribution in [0.3, 0.4) is 0 Å². The van der Waals surface area contributed by atoms with Crippen LogP contribution < -0.4 is 4.90 Å². The Balaban J connectivity index is 1.77. The van der Waals surface area contributed by atoms with E-state index < -0.39 is 0 Å². The van der Waals surface area contributed by atoms with Crippen molar-refractivity contribution in [1.29, 1.82) is 0 Å². The zero-order valence-corrected chi connectivity index (χ0v) is 11.2. The topological polar surface area (TPSA) is 6.48 Å². The number of anilines is 1. The lowest BCUT2D eigenvalue weighted by Crippen LogP contribution is -2.55. The fourth-order valence-electron chi connectivity index (χ4n) is 3.11. The van der Waals surface area contributed by atoms with Gasteiger partial charge in [-0.3, -0.25) is 4.90 Å². The standard InChI is InChI=1S/C14H18ClFN2/c15-11-4-5-14(13(16)9-11)18-8-7-17-6-2-1-3-12(17)10-18/h4-5,9,12H,1-3,6-8,10H2. The first-order valence-electron chi connectivity index (χ1n) is 6.68. The molecule has 0 spiro atoms. The number of piperidine rings is 1. The predicted octanol–water partition coefficient (Wildman–Crippen LogP) is 3.15. The van der Waals surface area contributed by atoms with E-state index in [1.54, 1.807) is 12.1 Å². The summed E-state index contributed by atoms with van der Waals surface area (Å²) in [4.78, 5) is 4.71. The molecule has 0 N–H and O–H groups in total. The van der Waals surface area contributed by atoms with Gasteiger partial charge in [-0.1, -0.05) is 18.0 Å². The molecule has 1 unspecified atom stereocenters. The lowest BCUT2D eigenvalue weighted by atomic mass is 9.99. The highest BCUT2D eigenvalue weighted by Crippen LogP contribution is 2.28. The molecule has 4 heteroatoms. The number of hydrogen-bond donors (Lipinski definition) is 0. The van der Waals surface area contributed by atoms with Crippen LogP contribution in [0.2, 0.25) is 5.02 Å². The molecule has 2 fully saturated rings. The molecule has 0 aromatic heterocycles. The third-order valence-corrected chi connectivity index (χ3v) is 4.32. The molecule has 2 nitrogen and oxygen atoms in total. The van der Waals surface area contributed by atoms with Gasteiger partial charge in [-0.2, -0.15) is 0 Å². The van der Waals surface area contributed by atoms with Gasteiger partial charge in [0, 0.05) is 30.7 Å². The summed E-state index contributed by atoms with van der Waals surface area (Å²) in [5.74, 6) is -0.202. The molecule has 98 valence electrons. The summed E-state index contributed by atoms with van der Waals surface area (Å²) >= 11 is 5.80. The Hall–Kier alpha value is -0.800. The minimum Gasteiger partial charge on any atom is -0.366 e. The molecule has 0 radical (unpaired) electrons. The van der Waals surface area contributed by atoms with Gasteiger partial charge in [0.1, 0.15) is 5.82 Å². The van der Waals surface area contributed by atoms with E-state index in [9.17, 15) is 4.39 Å². The summed E-state index contributed by atoms with van der Waals surface area (Å²) < 4.78 is 13.9. The molecule has 0 amide bonds. The molecule has 2 saturated heterocycles. The molecule has 1 atom stereocenters. The van der Waals surface area contributed by atoms with Crippen LogP contribution in [0.4, 0.5) is 10.1 Å². The van der Waals surface area contributed by atoms with Gasteiger partial charge in [-0.15, -0.1) is 0 Å². The van der Waals surface area contributed by atoms with Crippen molar-refractivity contribution >= 4 is 17.3 Å². The summed E-state index contributed by atoms with van der Waals surface area (Å²) in [5.41, 5.74) is 0.699. The number of rotatable bonds is 1. The Morgan fingerprint density at radius 3 is 2.89 bits per heavy atom. The van der Waals surface area contributed by atoms with E-state index in [2.05, 4.69) is 9.80 Å². The SMILES string of the molecule is Fc1cc(Cl)ccc1N1CCN2CCCCC2C1. The molecule has 0 saturated carbocycles. The second-order valence-corrected chi connectivity index (χ2v) is 5.66. The summed E-state index contributed by atoms with van der Waals surface area (Å²) in [6.45, 7) is 4.11. The minimum atomic E-state index is -0.202. The summed E-state index contributed by atoms with van der Waals surface area (Å²) in [5, 5.41) is 0.465. The second kappa shape index (κ2) is 5.06. The van der Waals surface area contributed by atoms with Crippen LogP contribution in [0.5, 0.6) is 0 Å². The van der Waals surface area contributed by atoms with E-state index >= 15 is 0 Å². The van der Waals surface area contributed by atoms with Gasteiger partial charge >= 0.3 is 0 Å². The molecule has 1 aromatic carbocycles. The fourth-order valence-corrected chi connectivity index (χ4v) is 3.27. The van der Waals surface area contributed by atoms with E-state index in [1.165, 1.54) is 31.9 Å². The third kappa shape index (κ3) is 2.34. The summed E-state index contributed by atoms with van der Waals surface area (Å²) in [6, 6.07) is 5.58. The van der Waals surface area contributed by atoms with E-state index in [4.69, 9.17) is 11.6 Å². The highest BCUT2D eigenvalue weighted by atomic mass is 35.5. The van der Waals surface area contributed by atoms with E-state index in [0.29, 0.717) is 16.8 Å². The average Bonchev–Trinajstić information content (AvgIpc) is 2.38. The normalized spacial score (nSPS) is 25.0. The first-order chi connectivity index (χ1) is 8.74. The van der Waals surface area contributed by atoms with Crippen molar-refractivity contribution in [1.82, 2.24) is 4.90 Å². The lowest BCUT2D eigenvalue weighted by molar-refractivity contribution is 0.133. The summed E-state index contributed by atoms with van der Waals surface area (Å²) in [7, 11) is 0. The number of nitrogens with zero attached hydrogens (tertiary/aromatic N) is 2. The van der Waals surface area contributed by atoms with Crippen molar-refractivity contribution in [2.24, 2.45) is 0 Å². The second-order valence-electron chi connectivity index (χ2n) is 5.23. The summed E-state index contributed by atoms with van der Waals surface area (Å²) in [6.07, 6.45) is 3.86. The smallest absolute Gasteiger partial charge is 0.147 e. The number of piperazine rings is 1. The zero-order chi connectivity index (χ0) is 12.5. The zero-order valence-electron chi connectivity index (χ0n) is 10.4. The predicted molar refractivity (Wildman–Crippen MR) is 72.8 cm³/mol. The highest BCUT2D eigenvalue weighted by Gasteiger charge is 2.29. The maximum absolute atomic E-state index is 13.9. The Labute approximate surface area is 112 Å². The van der Waals surface area contributed by atoms with Gasteiger partial charge in [0.25, 0.3) is 0 Å². The van der Waals surface area contributed by atoms with Gasteiger partial charge in [-0.05, 0) is 37.6 Å². The molecule has 0 aliphatic carbocycles. The first kappa shape index (κ1) is 12.2. The lowest BCUT2D eigenvalue weighted by Gasteiger charge is -2.44. The molecular weight excluding hydrogens is 251 g/mol. The van der Waals surface area contributed by atoms with Crippen molar-refractivity contribution in [3.8, 4) is 0 Å². The fraction of sp³-hybridized carbons (Fsp3) is 0.571. The van der Waals surface area contributed by atoms with Crippen LogP contribution in [0, 0.1) is 5.82 Å². The molecule has 2 aliphatic rings. The Morgan fingerprint density at radius 1 is 1.17 bits per heavy atom. The molecule has 2 heterocycles. The monoisotopic (exact) mass is 268 g/mol. The van der Waals surface area contributed by atoms with Crippen LogP contribution in [-0.2, 0) is 0 Å². The van der Waals surface area contributed by atoms with Crippen molar-refractivity contribution < 1.29 is 4.39 Å². The van der Waals surface area contributed by atoms with Crippen LogP contribution in [0.1, 0.15) is 19.3 Å². The van der Waals surface area contributed by atoms with Crippen LogP contribution in [0.25, 0.3) is 0 Å².